The Labute approximate surface area is 133 Å². The molecule has 3 nitrogen and oxygen atoms in total. The molecule has 3 rings (SSSR count). The molecule has 1 unspecified atom stereocenters. The summed E-state index contributed by atoms with van der Waals surface area (Å²) in [6.07, 6.45) is 0. The smallest absolute Gasteiger partial charge is 0.0480 e. The Kier molecular flexibility index (Phi) is 4.19. The second kappa shape index (κ2) is 6.11. The van der Waals surface area contributed by atoms with Crippen molar-refractivity contribution in [3.63, 3.8) is 0 Å². The van der Waals surface area contributed by atoms with Crippen molar-refractivity contribution in [2.24, 2.45) is 5.73 Å². The Bertz CT molecular complexity index is 646. The predicted molar refractivity (Wildman–Crippen MR) is 93.0 cm³/mol. The highest BCUT2D eigenvalue weighted by Gasteiger charge is 2.29. The van der Waals surface area contributed by atoms with Gasteiger partial charge in [-0.25, -0.2) is 0 Å². The highest BCUT2D eigenvalue weighted by Crippen LogP contribution is 2.35. The number of fused-ring (bicyclic) bond motifs is 1. The molecule has 2 aromatic carbocycles. The van der Waals surface area contributed by atoms with Crippen LogP contribution in [0.25, 0.3) is 0 Å². The molecule has 0 bridgehead atoms. The monoisotopic (exact) mass is 295 g/mol. The molecule has 0 aliphatic carbocycles. The fourth-order valence-electron chi connectivity index (χ4n) is 3.34. The molecule has 2 aromatic rings. The van der Waals surface area contributed by atoms with Gasteiger partial charge < -0.3 is 10.6 Å². The van der Waals surface area contributed by atoms with Crippen molar-refractivity contribution in [1.29, 1.82) is 0 Å². The summed E-state index contributed by atoms with van der Waals surface area (Å²) in [5.41, 5.74) is 12.9. The molecule has 0 amide bonds. The van der Waals surface area contributed by atoms with Crippen LogP contribution >= 0.6 is 0 Å². The maximum Gasteiger partial charge on any atom is 0.0480 e. The van der Waals surface area contributed by atoms with Crippen LogP contribution in [0.2, 0.25) is 0 Å². The minimum absolute atomic E-state index is 0.337. The van der Waals surface area contributed by atoms with E-state index in [0.29, 0.717) is 12.6 Å². The van der Waals surface area contributed by atoms with Crippen LogP contribution in [0.3, 0.4) is 0 Å². The average Bonchev–Trinajstić information content (AvgIpc) is 2.86. The second-order valence-electron chi connectivity index (χ2n) is 6.36. The minimum atomic E-state index is 0.337. The lowest BCUT2D eigenvalue weighted by Gasteiger charge is -2.24. The normalized spacial score (nSPS) is 17.5. The summed E-state index contributed by atoms with van der Waals surface area (Å²) in [6, 6.07) is 15.7. The third-order valence-corrected chi connectivity index (χ3v) is 4.67. The Morgan fingerprint density at radius 2 is 1.86 bits per heavy atom. The average molecular weight is 295 g/mol. The fourth-order valence-corrected chi connectivity index (χ4v) is 3.34. The number of nitrogens with two attached hydrogens (primary N) is 1. The van der Waals surface area contributed by atoms with Crippen molar-refractivity contribution < 1.29 is 0 Å². The Morgan fingerprint density at radius 3 is 2.50 bits per heavy atom. The first-order valence-electron chi connectivity index (χ1n) is 7.89. The first-order chi connectivity index (χ1) is 10.6. The summed E-state index contributed by atoms with van der Waals surface area (Å²) in [4.78, 5) is 4.61. The van der Waals surface area contributed by atoms with Gasteiger partial charge >= 0.3 is 0 Å². The third-order valence-electron chi connectivity index (χ3n) is 4.67. The van der Waals surface area contributed by atoms with Crippen molar-refractivity contribution in [3.8, 4) is 0 Å². The molecule has 116 valence electrons. The van der Waals surface area contributed by atoms with Crippen LogP contribution in [0.1, 0.15) is 28.3 Å². The lowest BCUT2D eigenvalue weighted by atomic mass is 10.0. The third kappa shape index (κ3) is 2.74. The van der Waals surface area contributed by atoms with Gasteiger partial charge in [-0.3, -0.25) is 4.90 Å². The van der Waals surface area contributed by atoms with Gasteiger partial charge in [0.05, 0.1) is 0 Å². The van der Waals surface area contributed by atoms with E-state index in [-0.39, 0.29) is 0 Å². The number of nitrogens with zero attached hydrogens (tertiary/aromatic N) is 2. The van der Waals surface area contributed by atoms with E-state index in [9.17, 15) is 0 Å². The SMILES string of the molecule is Cc1cccc2c1CN(Cc1ccc(N(C)C)cc1)C2CN. The van der Waals surface area contributed by atoms with Gasteiger partial charge in [0.1, 0.15) is 0 Å². The molecule has 0 radical (unpaired) electrons. The molecule has 1 heterocycles. The maximum absolute atomic E-state index is 6.06. The van der Waals surface area contributed by atoms with Crippen LogP contribution in [0.5, 0.6) is 0 Å². The highest BCUT2D eigenvalue weighted by atomic mass is 15.2. The lowest BCUT2D eigenvalue weighted by molar-refractivity contribution is 0.211. The van der Waals surface area contributed by atoms with E-state index in [0.717, 1.165) is 13.1 Å². The van der Waals surface area contributed by atoms with Crippen LogP contribution in [-0.2, 0) is 13.1 Å². The molecule has 22 heavy (non-hydrogen) atoms. The molecule has 0 fully saturated rings. The molecule has 2 N–H and O–H groups in total. The van der Waals surface area contributed by atoms with Crippen LogP contribution in [-0.4, -0.2) is 25.5 Å². The van der Waals surface area contributed by atoms with Gasteiger partial charge in [-0.15, -0.1) is 0 Å². The number of aryl methyl sites for hydroxylation is 1. The van der Waals surface area contributed by atoms with Crippen molar-refractivity contribution >= 4 is 5.69 Å². The number of rotatable bonds is 4. The van der Waals surface area contributed by atoms with Gasteiger partial charge in [0.25, 0.3) is 0 Å². The van der Waals surface area contributed by atoms with Crippen LogP contribution in [0, 0.1) is 6.92 Å². The zero-order chi connectivity index (χ0) is 15.7. The summed E-state index contributed by atoms with van der Waals surface area (Å²) in [6.45, 7) is 4.82. The zero-order valence-electron chi connectivity index (χ0n) is 13.7. The summed E-state index contributed by atoms with van der Waals surface area (Å²) >= 11 is 0. The molecule has 1 atom stereocenters. The van der Waals surface area contributed by atoms with Gasteiger partial charge in [-0.1, -0.05) is 30.3 Å². The van der Waals surface area contributed by atoms with Crippen LogP contribution in [0.15, 0.2) is 42.5 Å². The highest BCUT2D eigenvalue weighted by molar-refractivity contribution is 5.46. The zero-order valence-corrected chi connectivity index (χ0v) is 13.7. The van der Waals surface area contributed by atoms with E-state index in [1.165, 1.54) is 27.9 Å². The van der Waals surface area contributed by atoms with Gasteiger partial charge in [-0.2, -0.15) is 0 Å². The number of hydrogen-bond donors (Lipinski definition) is 1. The topological polar surface area (TPSA) is 32.5 Å². The van der Waals surface area contributed by atoms with E-state index in [1.54, 1.807) is 0 Å². The van der Waals surface area contributed by atoms with Crippen molar-refractivity contribution in [2.45, 2.75) is 26.1 Å². The second-order valence-corrected chi connectivity index (χ2v) is 6.36. The molecule has 0 saturated carbocycles. The summed E-state index contributed by atoms with van der Waals surface area (Å²) < 4.78 is 0. The van der Waals surface area contributed by atoms with Gasteiger partial charge in [0.15, 0.2) is 0 Å². The first-order valence-corrected chi connectivity index (χ1v) is 7.89. The Balaban J connectivity index is 1.80. The predicted octanol–water partition coefficient (Wildman–Crippen LogP) is 3.08. The summed E-state index contributed by atoms with van der Waals surface area (Å²) in [5.74, 6) is 0. The molecule has 0 saturated heterocycles. The van der Waals surface area contributed by atoms with Crippen molar-refractivity contribution in [2.75, 3.05) is 25.5 Å². The molecule has 0 spiro atoms. The van der Waals surface area contributed by atoms with Gasteiger partial charge in [0, 0.05) is 45.5 Å². The fraction of sp³-hybridized carbons (Fsp3) is 0.368. The quantitative estimate of drug-likeness (QED) is 0.941. The number of benzene rings is 2. The summed E-state index contributed by atoms with van der Waals surface area (Å²) in [7, 11) is 4.14. The molecular formula is C19H25N3. The maximum atomic E-state index is 6.06. The van der Waals surface area contributed by atoms with Gasteiger partial charge in [0.2, 0.25) is 0 Å². The molecule has 1 aliphatic heterocycles. The molecule has 1 aliphatic rings. The van der Waals surface area contributed by atoms with E-state index >= 15 is 0 Å². The van der Waals surface area contributed by atoms with Gasteiger partial charge in [-0.05, 0) is 41.3 Å². The molecule has 0 aromatic heterocycles. The van der Waals surface area contributed by atoms with E-state index in [4.69, 9.17) is 5.73 Å². The van der Waals surface area contributed by atoms with Crippen LogP contribution < -0.4 is 10.6 Å². The number of hydrogen-bond acceptors (Lipinski definition) is 3. The largest absolute Gasteiger partial charge is 0.378 e. The van der Waals surface area contributed by atoms with Crippen molar-refractivity contribution in [1.82, 2.24) is 4.90 Å². The minimum Gasteiger partial charge on any atom is -0.378 e. The lowest BCUT2D eigenvalue weighted by Crippen LogP contribution is -2.27. The summed E-state index contributed by atoms with van der Waals surface area (Å²) in [5, 5.41) is 0. The van der Waals surface area contributed by atoms with Crippen LogP contribution in [0.4, 0.5) is 5.69 Å². The van der Waals surface area contributed by atoms with Crippen molar-refractivity contribution in [3.05, 3.63) is 64.7 Å². The molecule has 3 heteroatoms. The Morgan fingerprint density at radius 1 is 1.14 bits per heavy atom. The van der Waals surface area contributed by atoms with E-state index < -0.39 is 0 Å². The standard InChI is InChI=1S/C19H25N3/c1-14-5-4-6-17-18(14)13-22(19(17)11-20)12-15-7-9-16(10-8-15)21(2)3/h4-10,19H,11-13,20H2,1-3H3. The first kappa shape index (κ1) is 15.1. The van der Waals surface area contributed by atoms with E-state index in [2.05, 4.69) is 73.3 Å². The van der Waals surface area contributed by atoms with E-state index in [1.807, 2.05) is 0 Å². The Hall–Kier alpha value is -1.84. The number of anilines is 1. The molecular weight excluding hydrogens is 270 g/mol.